The molecule has 0 saturated carbocycles. The molecule has 39 heavy (non-hydrogen) atoms. The molecule has 0 bridgehead atoms. The number of carbonyl (C=O) groups is 2. The van der Waals surface area contributed by atoms with Crippen molar-refractivity contribution < 1.29 is 46.1 Å². The van der Waals surface area contributed by atoms with E-state index in [1.807, 2.05) is 0 Å². The zero-order valence-corrected chi connectivity index (χ0v) is 22.2. The average Bonchev–Trinajstić information content (AvgIpc) is 2.81. The summed E-state index contributed by atoms with van der Waals surface area (Å²) in [7, 11) is 5.74. The number of pyridine rings is 1. The highest BCUT2D eigenvalue weighted by atomic mass is 35.5. The van der Waals surface area contributed by atoms with Crippen molar-refractivity contribution in [1.82, 2.24) is 4.98 Å². The van der Waals surface area contributed by atoms with Gasteiger partial charge < -0.3 is 24.3 Å². The van der Waals surface area contributed by atoms with E-state index in [0.717, 1.165) is 13.2 Å². The third-order valence-corrected chi connectivity index (χ3v) is 5.05. The Bertz CT molecular complexity index is 1420. The molecule has 0 unspecified atom stereocenters. The second kappa shape index (κ2) is 11.7. The second-order valence-electron chi connectivity index (χ2n) is 8.71. The number of ether oxygens (including phenoxy) is 4. The number of alkyl halides is 3. The summed E-state index contributed by atoms with van der Waals surface area (Å²) in [6.07, 6.45) is -3.92. The predicted octanol–water partition coefficient (Wildman–Crippen LogP) is 3.15. The van der Waals surface area contributed by atoms with Crippen LogP contribution in [0.2, 0.25) is 10.0 Å². The van der Waals surface area contributed by atoms with Crippen LogP contribution in [0.3, 0.4) is 0 Å². The van der Waals surface area contributed by atoms with E-state index in [0.29, 0.717) is 6.07 Å². The lowest BCUT2D eigenvalue weighted by Crippen LogP contribution is -2.38. The Labute approximate surface area is 232 Å². The van der Waals surface area contributed by atoms with Gasteiger partial charge in [0, 0.05) is 28.3 Å². The number of aromatic nitrogens is 1. The highest BCUT2D eigenvalue weighted by Gasteiger charge is 2.34. The lowest BCUT2D eigenvalue weighted by Gasteiger charge is -2.25. The Kier molecular flexibility index (Phi) is 8.96. The van der Waals surface area contributed by atoms with E-state index in [1.54, 1.807) is 0 Å². The number of rotatable bonds is 8. The second-order valence-corrected chi connectivity index (χ2v) is 9.55. The standard InChI is InChI=1S/C22H17B3Cl2F4N2O6/c1-36-20(35)12-8-10(4-5-32-12)33-19(34)16-11(27)6-9(26)7-15(16)37-14-3-2-13(38-22(29,30)31)17(28)18(14)39-21(23,24)25/h2-8H,23-25H2,1H3,(H,32,33,34). The van der Waals surface area contributed by atoms with Crippen LogP contribution >= 0.6 is 23.2 Å². The van der Waals surface area contributed by atoms with Crippen molar-refractivity contribution >= 4 is 64.3 Å². The first-order chi connectivity index (χ1) is 18.1. The van der Waals surface area contributed by atoms with E-state index in [1.165, 1.54) is 54.0 Å². The summed E-state index contributed by atoms with van der Waals surface area (Å²) in [5.74, 6) is -5.63. The van der Waals surface area contributed by atoms with Gasteiger partial charge in [0.15, 0.2) is 17.2 Å². The van der Waals surface area contributed by atoms with Gasteiger partial charge in [-0.1, -0.05) is 23.2 Å². The summed E-state index contributed by atoms with van der Waals surface area (Å²) in [4.78, 5) is 28.8. The summed E-state index contributed by atoms with van der Waals surface area (Å²) in [6.45, 7) is 0. The quantitative estimate of drug-likeness (QED) is 0.247. The molecule has 3 aromatic rings. The average molecular weight is 585 g/mol. The molecule has 0 atom stereocenters. The fourth-order valence-electron chi connectivity index (χ4n) is 3.09. The maximum absolute atomic E-state index is 15.1. The molecule has 1 amide bonds. The van der Waals surface area contributed by atoms with Crippen LogP contribution in [0.4, 0.5) is 23.2 Å². The normalized spacial score (nSPS) is 11.5. The van der Waals surface area contributed by atoms with Gasteiger partial charge in [-0.25, -0.2) is 9.78 Å². The molecule has 0 fully saturated rings. The van der Waals surface area contributed by atoms with E-state index in [2.05, 4.69) is 19.8 Å². The lowest BCUT2D eigenvalue weighted by molar-refractivity contribution is -0.275. The zero-order valence-electron chi connectivity index (χ0n) is 20.7. The molecule has 17 heteroatoms. The van der Waals surface area contributed by atoms with Crippen molar-refractivity contribution in [2.24, 2.45) is 0 Å². The number of amides is 1. The van der Waals surface area contributed by atoms with Crippen molar-refractivity contribution in [2.75, 3.05) is 12.4 Å². The molecule has 0 radical (unpaired) electrons. The Balaban J connectivity index is 2.05. The fraction of sp³-hybridized carbons (Fsp3) is 0.136. The smallest absolute Gasteiger partial charge is 0.508 e. The number of hydrogen-bond acceptors (Lipinski definition) is 7. The maximum Gasteiger partial charge on any atom is 0.573 e. The molecule has 202 valence electrons. The van der Waals surface area contributed by atoms with Crippen LogP contribution in [0.1, 0.15) is 20.8 Å². The van der Waals surface area contributed by atoms with E-state index in [9.17, 15) is 22.8 Å². The van der Waals surface area contributed by atoms with E-state index >= 15 is 4.39 Å². The Morgan fingerprint density at radius 1 is 0.974 bits per heavy atom. The van der Waals surface area contributed by atoms with Crippen molar-refractivity contribution in [3.63, 3.8) is 0 Å². The molecule has 0 aliphatic carbocycles. The Hall–Kier alpha value is -3.58. The van der Waals surface area contributed by atoms with Gasteiger partial charge in [0.25, 0.3) is 5.91 Å². The van der Waals surface area contributed by atoms with Crippen molar-refractivity contribution in [1.29, 1.82) is 0 Å². The molecule has 0 aliphatic heterocycles. The summed E-state index contributed by atoms with van der Waals surface area (Å²) >= 11 is 12.4. The number of nitrogens with zero attached hydrogens (tertiary/aromatic N) is 1. The number of anilines is 1. The molecule has 1 N–H and O–H groups in total. The molecule has 8 nitrogen and oxygen atoms in total. The number of methoxy groups -OCH3 is 1. The highest BCUT2D eigenvalue weighted by molar-refractivity contribution is 6.58. The summed E-state index contributed by atoms with van der Waals surface area (Å²) in [5.41, 5.74) is -0.214. The van der Waals surface area contributed by atoms with Gasteiger partial charge in [-0.05, 0) is 30.3 Å². The molecule has 2 aromatic carbocycles. The van der Waals surface area contributed by atoms with Crippen LogP contribution in [-0.2, 0) is 4.74 Å². The minimum Gasteiger partial charge on any atom is -0.508 e. The van der Waals surface area contributed by atoms with Crippen molar-refractivity contribution in [3.05, 3.63) is 69.7 Å². The zero-order chi connectivity index (χ0) is 29.1. The van der Waals surface area contributed by atoms with Crippen LogP contribution in [0.5, 0.6) is 23.0 Å². The predicted molar refractivity (Wildman–Crippen MR) is 142 cm³/mol. The van der Waals surface area contributed by atoms with Crippen LogP contribution in [0.15, 0.2) is 42.6 Å². The number of hydrogen-bond donors (Lipinski definition) is 1. The number of carbonyl (C=O) groups excluding carboxylic acids is 2. The van der Waals surface area contributed by atoms with Crippen LogP contribution in [0.25, 0.3) is 0 Å². The maximum atomic E-state index is 15.1. The topological polar surface area (TPSA) is 96.0 Å². The van der Waals surface area contributed by atoms with Crippen LogP contribution < -0.4 is 19.5 Å². The van der Waals surface area contributed by atoms with Gasteiger partial charge in [0.2, 0.25) is 5.82 Å². The van der Waals surface area contributed by atoms with Crippen molar-refractivity contribution in [3.8, 4) is 23.0 Å². The molecule has 1 aromatic heterocycles. The van der Waals surface area contributed by atoms with Gasteiger partial charge in [0.05, 0.1) is 12.1 Å². The number of benzene rings is 2. The summed E-state index contributed by atoms with van der Waals surface area (Å²) in [6, 6.07) is 6.72. The van der Waals surface area contributed by atoms with Gasteiger partial charge in [-0.15, -0.1) is 13.2 Å². The summed E-state index contributed by atoms with van der Waals surface area (Å²) < 4.78 is 73.1. The SMILES string of the molecule is BC(B)(B)Oc1c(Oc2cc(Cl)cc(Cl)c2C(=O)Nc2ccnc(C(=O)OC)c2)ccc(OC(F)(F)F)c1F. The van der Waals surface area contributed by atoms with E-state index in [4.69, 9.17) is 32.7 Å². The molecule has 1 heterocycles. The molecule has 0 aliphatic rings. The third kappa shape index (κ3) is 7.96. The van der Waals surface area contributed by atoms with Crippen molar-refractivity contribution in [2.45, 2.75) is 11.7 Å². The molecule has 3 rings (SSSR count). The fourth-order valence-corrected chi connectivity index (χ4v) is 3.65. The van der Waals surface area contributed by atoms with Gasteiger partial charge in [-0.3, -0.25) is 4.79 Å². The van der Waals surface area contributed by atoms with E-state index < -0.39 is 46.6 Å². The largest absolute Gasteiger partial charge is 0.573 e. The molecular weight excluding hydrogens is 568 g/mol. The summed E-state index contributed by atoms with van der Waals surface area (Å²) in [5, 5.41) is 1.29. The van der Waals surface area contributed by atoms with Gasteiger partial charge in [-0.2, -0.15) is 4.39 Å². The van der Waals surface area contributed by atoms with Crippen LogP contribution in [0, 0.1) is 5.82 Å². The monoisotopic (exact) mass is 584 g/mol. The minimum absolute atomic E-state index is 0.0271. The minimum atomic E-state index is -5.17. The third-order valence-electron chi connectivity index (χ3n) is 4.54. The highest BCUT2D eigenvalue weighted by Crippen LogP contribution is 2.43. The molecular formula is C22H17B3Cl2F4N2O6. The lowest BCUT2D eigenvalue weighted by atomic mass is 9.52. The Morgan fingerprint density at radius 3 is 2.26 bits per heavy atom. The molecule has 0 spiro atoms. The first-order valence-corrected chi connectivity index (χ1v) is 11.6. The van der Waals surface area contributed by atoms with E-state index in [-0.39, 0.29) is 32.7 Å². The van der Waals surface area contributed by atoms with Crippen LogP contribution in [-0.4, -0.2) is 59.2 Å². The first kappa shape index (κ1) is 30.0. The number of nitrogens with one attached hydrogen (secondary N) is 1. The number of halogens is 6. The molecule has 0 saturated heterocycles. The van der Waals surface area contributed by atoms with Gasteiger partial charge >= 0.3 is 12.3 Å². The first-order valence-electron chi connectivity index (χ1n) is 10.9. The Morgan fingerprint density at radius 2 is 1.64 bits per heavy atom. The number of esters is 1. The van der Waals surface area contributed by atoms with Gasteiger partial charge in [0.1, 0.15) is 40.5 Å².